The van der Waals surface area contributed by atoms with Crippen molar-refractivity contribution in [2.24, 2.45) is 0 Å². The first-order valence-electron chi connectivity index (χ1n) is 18.1. The lowest BCUT2D eigenvalue weighted by atomic mass is 9.43. The van der Waals surface area contributed by atoms with Crippen LogP contribution < -0.4 is 15.7 Å². The minimum Gasteiger partial charge on any atom is -0.376 e. The van der Waals surface area contributed by atoms with Gasteiger partial charge in [0.25, 0.3) is 0 Å². The Morgan fingerprint density at radius 1 is 0.529 bits per heavy atom. The van der Waals surface area contributed by atoms with E-state index in [1.165, 1.54) is 99.5 Å². The van der Waals surface area contributed by atoms with Crippen molar-refractivity contribution in [1.29, 1.82) is 0 Å². The van der Waals surface area contributed by atoms with Crippen LogP contribution in [0.1, 0.15) is 31.9 Å². The summed E-state index contributed by atoms with van der Waals surface area (Å²) < 4.78 is 5.03. The van der Waals surface area contributed by atoms with Crippen LogP contribution in [0.3, 0.4) is 0 Å². The largest absolute Gasteiger partial charge is 0.376 e. The van der Waals surface area contributed by atoms with E-state index in [4.69, 9.17) is 0 Å². The summed E-state index contributed by atoms with van der Waals surface area (Å²) in [4.78, 5) is 2.70. The number of hydrogen-bond acceptors (Lipinski definition) is 1. The normalized spacial score (nSPS) is 13.4. The molecule has 242 valence electrons. The molecule has 0 spiro atoms. The average molecular weight is 654 g/mol. The van der Waals surface area contributed by atoms with Crippen LogP contribution in [-0.4, -0.2) is 16.0 Å². The number of fused-ring (bicyclic) bond motifs is 11. The molecule has 0 saturated heterocycles. The minimum atomic E-state index is -0.0409. The summed E-state index contributed by atoms with van der Waals surface area (Å²) in [6.07, 6.45) is 0. The van der Waals surface area contributed by atoms with Gasteiger partial charge in [-0.3, -0.25) is 0 Å². The lowest BCUT2D eigenvalue weighted by molar-refractivity contribution is 0.590. The fourth-order valence-corrected chi connectivity index (χ4v) is 9.29. The Bertz CT molecular complexity index is 2920. The number of anilines is 2. The molecule has 2 aliphatic heterocycles. The van der Waals surface area contributed by atoms with Crippen molar-refractivity contribution in [3.63, 3.8) is 0 Å². The molecule has 2 aromatic heterocycles. The van der Waals surface area contributed by atoms with Gasteiger partial charge in [0.1, 0.15) is 0 Å². The van der Waals surface area contributed by atoms with Gasteiger partial charge in [-0.25, -0.2) is 0 Å². The minimum absolute atomic E-state index is 0.0254. The van der Waals surface area contributed by atoms with E-state index in [-0.39, 0.29) is 12.3 Å². The van der Waals surface area contributed by atoms with Crippen LogP contribution in [-0.2, 0) is 5.41 Å². The van der Waals surface area contributed by atoms with Gasteiger partial charge in [0, 0.05) is 49.9 Å². The molecule has 0 radical (unpaired) electrons. The predicted molar refractivity (Wildman–Crippen MR) is 218 cm³/mol. The zero-order valence-electron chi connectivity index (χ0n) is 29.3. The van der Waals surface area contributed by atoms with Gasteiger partial charge >= 0.3 is 6.85 Å². The van der Waals surface area contributed by atoms with E-state index in [1.807, 2.05) is 0 Å². The number of nitrogens with zero attached hydrogens (tertiary/aromatic N) is 3. The quantitative estimate of drug-likeness (QED) is 0.169. The zero-order chi connectivity index (χ0) is 34.2. The summed E-state index contributed by atoms with van der Waals surface area (Å²) in [6, 6.07) is 54.5. The lowest BCUT2D eigenvalue weighted by Crippen LogP contribution is -2.61. The standard InChI is InChI=1S/C47H36BN3/c1-29-15-8-11-22-38(29)51-46-34(25-26-41-43(46)35-19-10-13-24-40(35)49(41)31-16-6-5-7-17-31)36-27-30(47(2,3)4)28-42-44(36)48(51)37-21-14-20-33-32-18-9-12-23-39(32)50(42)45(33)37/h5-28H,1-4H3. The second kappa shape index (κ2) is 10.0. The van der Waals surface area contributed by atoms with E-state index in [0.29, 0.717) is 0 Å². The van der Waals surface area contributed by atoms with Crippen LogP contribution in [0.15, 0.2) is 146 Å². The molecule has 2 aliphatic rings. The first-order chi connectivity index (χ1) is 24.9. The first-order valence-corrected chi connectivity index (χ1v) is 18.1. The third-order valence-corrected chi connectivity index (χ3v) is 11.5. The van der Waals surface area contributed by atoms with Crippen molar-refractivity contribution < 1.29 is 0 Å². The van der Waals surface area contributed by atoms with E-state index in [2.05, 4.69) is 187 Å². The highest BCUT2D eigenvalue weighted by Crippen LogP contribution is 2.51. The van der Waals surface area contributed by atoms with Crippen molar-refractivity contribution in [3.05, 3.63) is 157 Å². The highest BCUT2D eigenvalue weighted by Gasteiger charge is 2.45. The number of aromatic nitrogens is 2. The fourth-order valence-electron chi connectivity index (χ4n) is 9.29. The summed E-state index contributed by atoms with van der Waals surface area (Å²) in [5.41, 5.74) is 17.9. The second-order valence-electron chi connectivity index (χ2n) is 15.4. The molecule has 0 unspecified atom stereocenters. The molecule has 7 aromatic carbocycles. The van der Waals surface area contributed by atoms with Crippen molar-refractivity contribution in [2.75, 3.05) is 4.81 Å². The van der Waals surface area contributed by atoms with Gasteiger partial charge in [0.2, 0.25) is 0 Å². The van der Waals surface area contributed by atoms with Crippen LogP contribution in [0.25, 0.3) is 66.1 Å². The smallest absolute Gasteiger partial charge is 0.333 e. The Morgan fingerprint density at radius 3 is 2.00 bits per heavy atom. The molecule has 9 aromatic rings. The molecule has 4 heteroatoms. The van der Waals surface area contributed by atoms with Gasteiger partial charge < -0.3 is 13.9 Å². The molecule has 0 N–H and O–H groups in total. The number of rotatable bonds is 2. The maximum Gasteiger partial charge on any atom is 0.333 e. The van der Waals surface area contributed by atoms with Crippen LogP contribution in [0.5, 0.6) is 0 Å². The molecular formula is C47H36BN3. The molecule has 0 bridgehead atoms. The summed E-state index contributed by atoms with van der Waals surface area (Å²) in [5, 5.41) is 5.18. The molecule has 0 saturated carbocycles. The molecule has 0 fully saturated rings. The maximum atomic E-state index is 2.70. The van der Waals surface area contributed by atoms with E-state index in [0.717, 1.165) is 0 Å². The van der Waals surface area contributed by atoms with Crippen LogP contribution in [0.2, 0.25) is 0 Å². The topological polar surface area (TPSA) is 13.1 Å². The van der Waals surface area contributed by atoms with E-state index in [9.17, 15) is 0 Å². The number of aryl methyl sites for hydroxylation is 1. The maximum absolute atomic E-state index is 2.70. The summed E-state index contributed by atoms with van der Waals surface area (Å²) in [7, 11) is 0. The van der Waals surface area contributed by atoms with E-state index >= 15 is 0 Å². The molecule has 4 heterocycles. The van der Waals surface area contributed by atoms with Gasteiger partial charge in [-0.2, -0.15) is 0 Å². The summed E-state index contributed by atoms with van der Waals surface area (Å²) >= 11 is 0. The molecule has 0 amide bonds. The van der Waals surface area contributed by atoms with Crippen LogP contribution in [0.4, 0.5) is 11.4 Å². The molecule has 51 heavy (non-hydrogen) atoms. The van der Waals surface area contributed by atoms with Gasteiger partial charge in [-0.15, -0.1) is 0 Å². The van der Waals surface area contributed by atoms with Crippen molar-refractivity contribution in [2.45, 2.75) is 33.1 Å². The highest BCUT2D eigenvalue weighted by atomic mass is 15.1. The summed E-state index contributed by atoms with van der Waals surface area (Å²) in [5.74, 6) is 0. The molecule has 0 atom stereocenters. The SMILES string of the molecule is Cc1ccccc1N1B2c3c(cc(C(C)(C)C)cc3-n3c4ccccc4c4cccc2c43)-c2ccc3c(c21)c1ccccc1n3-c1ccccc1. The van der Waals surface area contributed by atoms with E-state index in [1.54, 1.807) is 0 Å². The second-order valence-corrected chi connectivity index (χ2v) is 15.4. The highest BCUT2D eigenvalue weighted by molar-refractivity contribution is 6.94. The third-order valence-electron chi connectivity index (χ3n) is 11.5. The average Bonchev–Trinajstić information content (AvgIpc) is 3.67. The van der Waals surface area contributed by atoms with Gasteiger partial charge in [-0.05, 0) is 82.4 Å². The Labute approximate surface area is 298 Å². The Morgan fingerprint density at radius 2 is 1.22 bits per heavy atom. The number of benzene rings is 7. The van der Waals surface area contributed by atoms with Crippen LogP contribution in [0, 0.1) is 6.92 Å². The molecule has 11 rings (SSSR count). The number of hydrogen-bond donors (Lipinski definition) is 0. The third kappa shape index (κ3) is 3.74. The predicted octanol–water partition coefficient (Wildman–Crippen LogP) is 10.7. The first kappa shape index (κ1) is 28.8. The molecular weight excluding hydrogens is 617 g/mol. The van der Waals surface area contributed by atoms with E-state index < -0.39 is 0 Å². The Balaban J connectivity index is 1.38. The van der Waals surface area contributed by atoms with Crippen LogP contribution >= 0.6 is 0 Å². The molecule has 3 nitrogen and oxygen atoms in total. The van der Waals surface area contributed by atoms with Crippen molar-refractivity contribution >= 4 is 72.8 Å². The lowest BCUT2D eigenvalue weighted by Gasteiger charge is -2.43. The Hall–Kier alpha value is -6.00. The monoisotopic (exact) mass is 653 g/mol. The Kier molecular flexibility index (Phi) is 5.67. The number of para-hydroxylation sites is 5. The summed E-state index contributed by atoms with van der Waals surface area (Å²) in [6.45, 7) is 9.28. The fraction of sp³-hybridized carbons (Fsp3) is 0.106. The zero-order valence-corrected chi connectivity index (χ0v) is 29.3. The van der Waals surface area contributed by atoms with Gasteiger partial charge in [-0.1, -0.05) is 124 Å². The van der Waals surface area contributed by atoms with Gasteiger partial charge in [0.15, 0.2) is 0 Å². The van der Waals surface area contributed by atoms with Crippen molar-refractivity contribution in [3.8, 4) is 22.5 Å². The molecule has 0 aliphatic carbocycles. The van der Waals surface area contributed by atoms with Crippen molar-refractivity contribution in [1.82, 2.24) is 9.13 Å². The van der Waals surface area contributed by atoms with Gasteiger partial charge in [0.05, 0.1) is 22.1 Å².